The van der Waals surface area contributed by atoms with Crippen molar-refractivity contribution in [1.29, 1.82) is 0 Å². The van der Waals surface area contributed by atoms with E-state index in [2.05, 4.69) is 0 Å². The molecular formula is C12H23NO4S. The number of hydrogen-bond donors (Lipinski definition) is 0. The van der Waals surface area contributed by atoms with Crippen LogP contribution < -0.4 is 0 Å². The van der Waals surface area contributed by atoms with Crippen molar-refractivity contribution in [1.82, 2.24) is 4.90 Å². The summed E-state index contributed by atoms with van der Waals surface area (Å²) in [5, 5.41) is 0. The highest BCUT2D eigenvalue weighted by Gasteiger charge is 2.16. The summed E-state index contributed by atoms with van der Waals surface area (Å²) in [5.74, 6) is -0.0932. The zero-order valence-electron chi connectivity index (χ0n) is 11.1. The van der Waals surface area contributed by atoms with Crippen molar-refractivity contribution in [3.8, 4) is 0 Å². The minimum atomic E-state index is -1.80. The number of unbranched alkanes of at least 4 members (excludes halogenated alkanes) is 1. The lowest BCUT2D eigenvalue weighted by Gasteiger charge is -2.19. The van der Waals surface area contributed by atoms with E-state index in [4.69, 9.17) is 8.37 Å². The van der Waals surface area contributed by atoms with Crippen molar-refractivity contribution in [3.05, 3.63) is 0 Å². The number of carbonyl (C=O) groups excluding carboxylic acids is 1. The van der Waals surface area contributed by atoms with Crippen molar-refractivity contribution < 1.29 is 17.4 Å². The van der Waals surface area contributed by atoms with Crippen LogP contribution >= 0.6 is 0 Å². The minimum Gasteiger partial charge on any atom is -0.341 e. The summed E-state index contributed by atoms with van der Waals surface area (Å²) in [6.45, 7) is 3.84. The van der Waals surface area contributed by atoms with Crippen LogP contribution in [0, 0.1) is 0 Å². The van der Waals surface area contributed by atoms with Crippen molar-refractivity contribution in [2.24, 2.45) is 0 Å². The third-order valence-corrected chi connectivity index (χ3v) is 3.58. The highest BCUT2D eigenvalue weighted by molar-refractivity contribution is 7.75. The van der Waals surface area contributed by atoms with E-state index in [1.165, 1.54) is 12.8 Å². The van der Waals surface area contributed by atoms with Gasteiger partial charge in [0.05, 0.1) is 6.61 Å². The van der Waals surface area contributed by atoms with Gasteiger partial charge in [0.25, 0.3) is 0 Å². The Labute approximate surface area is 112 Å². The summed E-state index contributed by atoms with van der Waals surface area (Å²) in [4.78, 5) is 13.6. The van der Waals surface area contributed by atoms with E-state index < -0.39 is 11.4 Å². The van der Waals surface area contributed by atoms with Crippen LogP contribution in [-0.4, -0.2) is 41.3 Å². The summed E-state index contributed by atoms with van der Waals surface area (Å²) in [7, 11) is 0. The van der Waals surface area contributed by atoms with Crippen LogP contribution in [0.15, 0.2) is 0 Å². The summed E-state index contributed by atoms with van der Waals surface area (Å²) < 4.78 is 21.1. The second-order valence-electron chi connectivity index (χ2n) is 4.44. The average molecular weight is 277 g/mol. The fourth-order valence-electron chi connectivity index (χ4n) is 1.82. The molecule has 1 aliphatic rings. The molecule has 1 aliphatic heterocycles. The van der Waals surface area contributed by atoms with Crippen LogP contribution in [0.25, 0.3) is 0 Å². The first-order valence-electron chi connectivity index (χ1n) is 6.70. The minimum absolute atomic E-state index is 0.0932. The maximum atomic E-state index is 11.8. The molecule has 1 saturated heterocycles. The summed E-state index contributed by atoms with van der Waals surface area (Å²) in [6.07, 6.45) is 6.26. The molecule has 0 aromatic carbocycles. The lowest BCUT2D eigenvalue weighted by Crippen LogP contribution is -2.35. The standard InChI is InChI=1S/C12H23NO4S/c1-2-3-10-16-18(15)17-11-12(14)13-8-6-4-5-7-9-13/h2-11H2,1H3. The van der Waals surface area contributed by atoms with Crippen molar-refractivity contribution in [2.45, 2.75) is 45.4 Å². The van der Waals surface area contributed by atoms with Gasteiger partial charge in [0.1, 0.15) is 6.61 Å². The van der Waals surface area contributed by atoms with Crippen LogP contribution in [0.4, 0.5) is 0 Å². The Morgan fingerprint density at radius 1 is 1.17 bits per heavy atom. The summed E-state index contributed by atoms with van der Waals surface area (Å²) in [6, 6.07) is 0. The van der Waals surface area contributed by atoms with E-state index in [-0.39, 0.29) is 12.5 Å². The molecule has 6 heteroatoms. The number of rotatable bonds is 7. The molecule has 1 atom stereocenters. The van der Waals surface area contributed by atoms with E-state index in [9.17, 15) is 9.00 Å². The molecule has 5 nitrogen and oxygen atoms in total. The van der Waals surface area contributed by atoms with Gasteiger partial charge in [-0.1, -0.05) is 26.2 Å². The van der Waals surface area contributed by atoms with Gasteiger partial charge in [-0.25, -0.2) is 0 Å². The van der Waals surface area contributed by atoms with Gasteiger partial charge in [-0.05, 0) is 19.3 Å². The van der Waals surface area contributed by atoms with Gasteiger partial charge >= 0.3 is 11.4 Å². The smallest absolute Gasteiger partial charge is 0.305 e. The molecule has 0 aromatic heterocycles. The third-order valence-electron chi connectivity index (χ3n) is 2.91. The SMILES string of the molecule is CCCCOS(=O)OCC(=O)N1CCCCCC1. The number of likely N-dealkylation sites (tertiary alicyclic amines) is 1. The second-order valence-corrected chi connectivity index (χ2v) is 5.32. The molecule has 1 unspecified atom stereocenters. The molecule has 0 bridgehead atoms. The molecule has 1 amide bonds. The normalized spacial score (nSPS) is 18.4. The molecule has 0 N–H and O–H groups in total. The Balaban J connectivity index is 2.16. The third kappa shape index (κ3) is 6.47. The Morgan fingerprint density at radius 2 is 1.83 bits per heavy atom. The highest BCUT2D eigenvalue weighted by atomic mass is 32.2. The van der Waals surface area contributed by atoms with Crippen LogP contribution in [0.2, 0.25) is 0 Å². The summed E-state index contributed by atoms with van der Waals surface area (Å²) in [5.41, 5.74) is 0. The predicted molar refractivity (Wildman–Crippen MR) is 70.0 cm³/mol. The predicted octanol–water partition coefficient (Wildman–Crippen LogP) is 1.80. The zero-order valence-corrected chi connectivity index (χ0v) is 11.9. The van der Waals surface area contributed by atoms with E-state index in [0.717, 1.165) is 38.8 Å². The monoisotopic (exact) mass is 277 g/mol. The van der Waals surface area contributed by atoms with Crippen molar-refractivity contribution >= 4 is 17.3 Å². The number of amides is 1. The zero-order chi connectivity index (χ0) is 13.2. The Bertz CT molecular complexity index is 265. The average Bonchev–Trinajstić information content (AvgIpc) is 2.65. The Morgan fingerprint density at radius 3 is 2.44 bits per heavy atom. The van der Waals surface area contributed by atoms with Gasteiger partial charge in [-0.15, -0.1) is 0 Å². The lowest BCUT2D eigenvalue weighted by molar-refractivity contribution is -0.133. The van der Waals surface area contributed by atoms with Gasteiger partial charge in [0, 0.05) is 13.1 Å². The van der Waals surface area contributed by atoms with Crippen LogP contribution in [0.5, 0.6) is 0 Å². The number of nitrogens with zero attached hydrogens (tertiary/aromatic N) is 1. The second kappa shape index (κ2) is 9.47. The fourth-order valence-corrected chi connectivity index (χ4v) is 2.33. The van der Waals surface area contributed by atoms with E-state index in [0.29, 0.717) is 6.61 Å². The molecule has 106 valence electrons. The van der Waals surface area contributed by atoms with Crippen LogP contribution in [-0.2, 0) is 24.5 Å². The molecule has 0 aliphatic carbocycles. The lowest BCUT2D eigenvalue weighted by atomic mass is 10.2. The molecule has 0 spiro atoms. The van der Waals surface area contributed by atoms with Gasteiger partial charge in [-0.3, -0.25) is 13.2 Å². The molecule has 1 fully saturated rings. The topological polar surface area (TPSA) is 55.8 Å². The van der Waals surface area contributed by atoms with Gasteiger partial charge in [0.15, 0.2) is 0 Å². The molecule has 18 heavy (non-hydrogen) atoms. The first-order valence-corrected chi connectivity index (χ1v) is 7.70. The molecule has 1 rings (SSSR count). The molecule has 0 saturated carbocycles. The highest BCUT2D eigenvalue weighted by Crippen LogP contribution is 2.09. The van der Waals surface area contributed by atoms with E-state index in [1.54, 1.807) is 4.90 Å². The Hall–Kier alpha value is -0.460. The summed E-state index contributed by atoms with van der Waals surface area (Å²) >= 11 is -1.80. The van der Waals surface area contributed by atoms with Crippen LogP contribution in [0.3, 0.4) is 0 Å². The van der Waals surface area contributed by atoms with Crippen LogP contribution in [0.1, 0.15) is 45.4 Å². The van der Waals surface area contributed by atoms with Gasteiger partial charge in [-0.2, -0.15) is 4.21 Å². The quantitative estimate of drug-likeness (QED) is 0.666. The first kappa shape index (κ1) is 15.6. The molecule has 0 radical (unpaired) electrons. The van der Waals surface area contributed by atoms with Crippen molar-refractivity contribution in [2.75, 3.05) is 26.3 Å². The number of hydrogen-bond acceptors (Lipinski definition) is 4. The number of carbonyl (C=O) groups is 1. The van der Waals surface area contributed by atoms with Gasteiger partial charge < -0.3 is 4.90 Å². The maximum absolute atomic E-state index is 11.8. The van der Waals surface area contributed by atoms with Gasteiger partial charge in [0.2, 0.25) is 5.91 Å². The maximum Gasteiger partial charge on any atom is 0.305 e. The molecular weight excluding hydrogens is 254 g/mol. The molecule has 0 aromatic rings. The van der Waals surface area contributed by atoms with E-state index >= 15 is 0 Å². The molecule has 1 heterocycles. The van der Waals surface area contributed by atoms with Crippen molar-refractivity contribution in [3.63, 3.8) is 0 Å². The first-order chi connectivity index (χ1) is 8.74. The van der Waals surface area contributed by atoms with E-state index in [1.807, 2.05) is 6.92 Å². The Kier molecular flexibility index (Phi) is 8.20. The fraction of sp³-hybridized carbons (Fsp3) is 0.917. The largest absolute Gasteiger partial charge is 0.341 e.